The van der Waals surface area contributed by atoms with Gasteiger partial charge < -0.3 is 10.6 Å². The molecule has 1 aromatic carbocycles. The molecule has 2 rings (SSSR count). The second-order valence-corrected chi connectivity index (χ2v) is 7.69. The molecule has 0 atom stereocenters. The Morgan fingerprint density at radius 2 is 1.95 bits per heavy atom. The summed E-state index contributed by atoms with van der Waals surface area (Å²) in [6.07, 6.45) is 2.11. The molecule has 0 radical (unpaired) electrons. The standard InChI is InChI=1S/C15H25N3O2S/c1-18-7-5-13(6-8-18)11-17-21(19,20)12-15-4-2-3-14(9-15)10-16/h2-4,9,13,17H,5-8,10-12,16H2,1H3. The van der Waals surface area contributed by atoms with Crippen LogP contribution in [0.15, 0.2) is 24.3 Å². The monoisotopic (exact) mass is 311 g/mol. The van der Waals surface area contributed by atoms with Crippen LogP contribution in [0.3, 0.4) is 0 Å². The highest BCUT2D eigenvalue weighted by Crippen LogP contribution is 2.15. The molecule has 0 unspecified atom stereocenters. The van der Waals surface area contributed by atoms with E-state index in [1.165, 1.54) is 0 Å². The summed E-state index contributed by atoms with van der Waals surface area (Å²) in [6.45, 7) is 3.07. The van der Waals surface area contributed by atoms with Crippen LogP contribution >= 0.6 is 0 Å². The minimum atomic E-state index is -3.28. The van der Waals surface area contributed by atoms with Crippen LogP contribution in [0.1, 0.15) is 24.0 Å². The number of rotatable bonds is 6. The third kappa shape index (κ3) is 5.39. The van der Waals surface area contributed by atoms with Crippen molar-refractivity contribution in [1.82, 2.24) is 9.62 Å². The zero-order valence-electron chi connectivity index (χ0n) is 12.6. The van der Waals surface area contributed by atoms with Crippen LogP contribution in [-0.4, -0.2) is 40.0 Å². The van der Waals surface area contributed by atoms with Crippen LogP contribution in [0.5, 0.6) is 0 Å². The molecule has 3 N–H and O–H groups in total. The highest BCUT2D eigenvalue weighted by atomic mass is 32.2. The molecule has 0 bridgehead atoms. The Bertz CT molecular complexity index is 552. The zero-order valence-corrected chi connectivity index (χ0v) is 13.4. The third-order valence-corrected chi connectivity index (χ3v) is 5.33. The van der Waals surface area contributed by atoms with Crippen molar-refractivity contribution in [2.75, 3.05) is 26.7 Å². The summed E-state index contributed by atoms with van der Waals surface area (Å²) in [5.41, 5.74) is 7.32. The second-order valence-electron chi connectivity index (χ2n) is 5.88. The Labute approximate surface area is 127 Å². The quantitative estimate of drug-likeness (QED) is 0.819. The number of benzene rings is 1. The van der Waals surface area contributed by atoms with Gasteiger partial charge in [0.05, 0.1) is 5.75 Å². The van der Waals surface area contributed by atoms with Gasteiger partial charge in [-0.25, -0.2) is 13.1 Å². The van der Waals surface area contributed by atoms with Crippen LogP contribution < -0.4 is 10.5 Å². The summed E-state index contributed by atoms with van der Waals surface area (Å²) in [4.78, 5) is 2.28. The maximum absolute atomic E-state index is 12.2. The van der Waals surface area contributed by atoms with E-state index in [4.69, 9.17) is 5.73 Å². The Balaban J connectivity index is 1.86. The highest BCUT2D eigenvalue weighted by Gasteiger charge is 2.19. The first-order chi connectivity index (χ1) is 9.98. The van der Waals surface area contributed by atoms with Crippen LogP contribution in [0, 0.1) is 5.92 Å². The maximum atomic E-state index is 12.2. The predicted octanol–water partition coefficient (Wildman–Crippen LogP) is 0.907. The van der Waals surface area contributed by atoms with Crippen molar-refractivity contribution in [1.29, 1.82) is 0 Å². The minimum Gasteiger partial charge on any atom is -0.326 e. The lowest BCUT2D eigenvalue weighted by Gasteiger charge is -2.28. The number of nitrogens with two attached hydrogens (primary N) is 1. The number of likely N-dealkylation sites (tertiary alicyclic amines) is 1. The van der Waals surface area contributed by atoms with Crippen molar-refractivity contribution in [2.45, 2.75) is 25.1 Å². The van der Waals surface area contributed by atoms with Gasteiger partial charge in [-0.2, -0.15) is 0 Å². The van der Waals surface area contributed by atoms with Crippen LogP contribution in [0.4, 0.5) is 0 Å². The summed E-state index contributed by atoms with van der Waals surface area (Å²) in [7, 11) is -1.17. The van der Waals surface area contributed by atoms with E-state index in [0.717, 1.165) is 37.1 Å². The third-order valence-electron chi connectivity index (χ3n) is 4.01. The van der Waals surface area contributed by atoms with Gasteiger partial charge >= 0.3 is 0 Å². The Hall–Kier alpha value is -0.950. The molecule has 0 spiro atoms. The van der Waals surface area contributed by atoms with Crippen LogP contribution in [0.25, 0.3) is 0 Å². The fourth-order valence-electron chi connectivity index (χ4n) is 2.63. The van der Waals surface area contributed by atoms with Gasteiger partial charge in [-0.05, 0) is 50.0 Å². The molecule has 1 heterocycles. The number of hydrogen-bond donors (Lipinski definition) is 2. The maximum Gasteiger partial charge on any atom is 0.215 e. The number of sulfonamides is 1. The zero-order chi connectivity index (χ0) is 15.3. The van der Waals surface area contributed by atoms with E-state index in [9.17, 15) is 8.42 Å². The van der Waals surface area contributed by atoms with Crippen molar-refractivity contribution in [2.24, 2.45) is 11.7 Å². The summed E-state index contributed by atoms with van der Waals surface area (Å²) in [5, 5.41) is 0. The average molecular weight is 311 g/mol. The summed E-state index contributed by atoms with van der Waals surface area (Å²) in [5.74, 6) is 0.472. The van der Waals surface area contributed by atoms with Crippen LogP contribution in [-0.2, 0) is 22.3 Å². The molecule has 1 aromatic rings. The minimum absolute atomic E-state index is 0.0213. The molecule has 118 valence electrons. The van der Waals surface area contributed by atoms with Crippen molar-refractivity contribution in [3.63, 3.8) is 0 Å². The van der Waals surface area contributed by atoms with Crippen molar-refractivity contribution < 1.29 is 8.42 Å². The van der Waals surface area contributed by atoms with E-state index in [1.54, 1.807) is 0 Å². The van der Waals surface area contributed by atoms with E-state index < -0.39 is 10.0 Å². The lowest BCUT2D eigenvalue weighted by molar-refractivity contribution is 0.220. The second kappa shape index (κ2) is 7.35. The van der Waals surface area contributed by atoms with Gasteiger partial charge in [0.2, 0.25) is 10.0 Å². The molecule has 0 amide bonds. The summed E-state index contributed by atoms with van der Waals surface area (Å²) < 4.78 is 27.1. The van der Waals surface area contributed by atoms with Crippen molar-refractivity contribution in [3.05, 3.63) is 35.4 Å². The Morgan fingerprint density at radius 1 is 1.29 bits per heavy atom. The molecule has 0 aromatic heterocycles. The molecule has 21 heavy (non-hydrogen) atoms. The first kappa shape index (κ1) is 16.4. The smallest absolute Gasteiger partial charge is 0.215 e. The first-order valence-corrected chi connectivity index (χ1v) is 9.07. The molecule has 6 heteroatoms. The predicted molar refractivity (Wildman–Crippen MR) is 85.2 cm³/mol. The van der Waals surface area contributed by atoms with E-state index in [-0.39, 0.29) is 5.75 Å². The van der Waals surface area contributed by atoms with Gasteiger partial charge in [0.1, 0.15) is 0 Å². The van der Waals surface area contributed by atoms with E-state index in [0.29, 0.717) is 19.0 Å². The molecule has 0 aliphatic carbocycles. The van der Waals surface area contributed by atoms with Gasteiger partial charge in [-0.1, -0.05) is 24.3 Å². The topological polar surface area (TPSA) is 75.4 Å². The first-order valence-electron chi connectivity index (χ1n) is 7.42. The molecule has 1 aliphatic rings. The van der Waals surface area contributed by atoms with Crippen molar-refractivity contribution >= 4 is 10.0 Å². The van der Waals surface area contributed by atoms with Gasteiger partial charge in [-0.3, -0.25) is 0 Å². The van der Waals surface area contributed by atoms with Crippen LogP contribution in [0.2, 0.25) is 0 Å². The lowest BCUT2D eigenvalue weighted by atomic mass is 9.98. The Morgan fingerprint density at radius 3 is 2.62 bits per heavy atom. The molecule has 5 nitrogen and oxygen atoms in total. The number of piperidine rings is 1. The molecular weight excluding hydrogens is 286 g/mol. The van der Waals surface area contributed by atoms with E-state index in [2.05, 4.69) is 16.7 Å². The largest absolute Gasteiger partial charge is 0.326 e. The summed E-state index contributed by atoms with van der Waals surface area (Å²) in [6, 6.07) is 7.44. The summed E-state index contributed by atoms with van der Waals surface area (Å²) >= 11 is 0. The SMILES string of the molecule is CN1CCC(CNS(=O)(=O)Cc2cccc(CN)c2)CC1. The van der Waals surface area contributed by atoms with Gasteiger partial charge in [0.25, 0.3) is 0 Å². The molecular formula is C15H25N3O2S. The highest BCUT2D eigenvalue weighted by molar-refractivity contribution is 7.88. The van der Waals surface area contributed by atoms with Crippen molar-refractivity contribution in [3.8, 4) is 0 Å². The molecule has 1 saturated heterocycles. The number of nitrogens with one attached hydrogen (secondary N) is 1. The molecule has 1 aliphatic heterocycles. The van der Waals surface area contributed by atoms with E-state index >= 15 is 0 Å². The Kier molecular flexibility index (Phi) is 5.75. The van der Waals surface area contributed by atoms with E-state index in [1.807, 2.05) is 24.3 Å². The normalized spacial score (nSPS) is 18.0. The van der Waals surface area contributed by atoms with Gasteiger partial charge in [0, 0.05) is 13.1 Å². The fourth-order valence-corrected chi connectivity index (χ4v) is 3.84. The molecule has 0 saturated carbocycles. The number of hydrogen-bond acceptors (Lipinski definition) is 4. The number of nitrogens with zero attached hydrogens (tertiary/aromatic N) is 1. The van der Waals surface area contributed by atoms with Gasteiger partial charge in [-0.15, -0.1) is 0 Å². The lowest BCUT2D eigenvalue weighted by Crippen LogP contribution is -2.37. The fraction of sp³-hybridized carbons (Fsp3) is 0.600. The average Bonchev–Trinajstić information content (AvgIpc) is 2.46. The molecule has 1 fully saturated rings. The van der Waals surface area contributed by atoms with Gasteiger partial charge in [0.15, 0.2) is 0 Å².